The minimum atomic E-state index is 0.864. The standard InChI is InChI=1S/2C4H10BrP/c2*1-4(2)3-6-5/h2*4,6H,3H2,1-2H3. The van der Waals surface area contributed by atoms with Gasteiger partial charge in [-0.15, -0.1) is 0 Å². The van der Waals surface area contributed by atoms with Crippen molar-refractivity contribution in [1.82, 2.24) is 0 Å². The van der Waals surface area contributed by atoms with Gasteiger partial charge in [-0.05, 0) is 38.7 Å². The third kappa shape index (κ3) is 22.6. The molecule has 0 spiro atoms. The molecule has 0 bridgehead atoms. The van der Waals surface area contributed by atoms with Crippen LogP contribution in [0.25, 0.3) is 0 Å². The van der Waals surface area contributed by atoms with Crippen LogP contribution in [-0.2, 0) is 0 Å². The van der Waals surface area contributed by atoms with E-state index >= 15 is 0 Å². The van der Waals surface area contributed by atoms with Crippen molar-refractivity contribution in [2.45, 2.75) is 27.7 Å². The van der Waals surface area contributed by atoms with Gasteiger partial charge in [0, 0.05) is 0 Å². The summed E-state index contributed by atoms with van der Waals surface area (Å²) in [7, 11) is 1.90. The van der Waals surface area contributed by atoms with Gasteiger partial charge >= 0.3 is 0 Å². The van der Waals surface area contributed by atoms with Gasteiger partial charge < -0.3 is 0 Å². The predicted molar refractivity (Wildman–Crippen MR) is 73.9 cm³/mol. The lowest BCUT2D eigenvalue weighted by molar-refractivity contribution is 0.750. The number of hydrogen-bond acceptors (Lipinski definition) is 0. The Balaban J connectivity index is 0. The van der Waals surface area contributed by atoms with E-state index in [1.165, 1.54) is 12.3 Å². The Morgan fingerprint density at radius 1 is 0.833 bits per heavy atom. The minimum Gasteiger partial charge on any atom is -0.0642 e. The van der Waals surface area contributed by atoms with Crippen LogP contribution in [0.1, 0.15) is 27.7 Å². The predicted octanol–water partition coefficient (Wildman–Crippen LogP) is 5.26. The smallest absolute Gasteiger partial charge is 0.0231 e. The second kappa shape index (κ2) is 12.8. The Hall–Kier alpha value is 1.82. The molecule has 0 radical (unpaired) electrons. The molecule has 76 valence electrons. The van der Waals surface area contributed by atoms with Crippen LogP contribution in [-0.4, -0.2) is 12.3 Å². The molecule has 2 atom stereocenters. The molecule has 0 rings (SSSR count). The van der Waals surface area contributed by atoms with Gasteiger partial charge in [0.15, 0.2) is 0 Å². The lowest BCUT2D eigenvalue weighted by atomic mass is 10.3. The highest BCUT2D eigenvalue weighted by Crippen LogP contribution is 2.22. The zero-order valence-electron chi connectivity index (χ0n) is 8.32. The highest BCUT2D eigenvalue weighted by Gasteiger charge is 1.87. The van der Waals surface area contributed by atoms with Crippen molar-refractivity contribution >= 4 is 45.5 Å². The molecule has 0 aromatic carbocycles. The SMILES string of the molecule is CC(C)CPBr.CC(C)CPBr. The molecule has 0 amide bonds. The van der Waals surface area contributed by atoms with E-state index in [0.717, 1.165) is 26.4 Å². The lowest BCUT2D eigenvalue weighted by Gasteiger charge is -1.94. The van der Waals surface area contributed by atoms with Crippen molar-refractivity contribution in [1.29, 1.82) is 0 Å². The molecule has 0 heterocycles. The van der Waals surface area contributed by atoms with E-state index < -0.39 is 0 Å². The fourth-order valence-electron chi connectivity index (χ4n) is 0.309. The first-order chi connectivity index (χ1) is 5.54. The quantitative estimate of drug-likeness (QED) is 0.614. The Morgan fingerprint density at radius 2 is 1.08 bits per heavy atom. The van der Waals surface area contributed by atoms with Crippen LogP contribution < -0.4 is 0 Å². The molecular formula is C8H20Br2P2. The van der Waals surface area contributed by atoms with Gasteiger partial charge in [-0.2, -0.15) is 0 Å². The Labute approximate surface area is 97.1 Å². The summed E-state index contributed by atoms with van der Waals surface area (Å²) in [5.74, 6) is 1.73. The van der Waals surface area contributed by atoms with Crippen LogP contribution in [0.5, 0.6) is 0 Å². The van der Waals surface area contributed by atoms with Gasteiger partial charge in [-0.3, -0.25) is 0 Å². The van der Waals surface area contributed by atoms with Crippen molar-refractivity contribution in [3.8, 4) is 0 Å². The third-order valence-electron chi connectivity index (χ3n) is 0.971. The Kier molecular flexibility index (Phi) is 17.4. The second-order valence-electron chi connectivity index (χ2n) is 3.46. The first-order valence-electron chi connectivity index (χ1n) is 4.21. The van der Waals surface area contributed by atoms with E-state index in [-0.39, 0.29) is 0 Å². The molecule has 0 saturated carbocycles. The molecule has 0 N–H and O–H groups in total. The van der Waals surface area contributed by atoms with E-state index in [4.69, 9.17) is 0 Å². The second-order valence-corrected chi connectivity index (χ2v) is 8.18. The Morgan fingerprint density at radius 3 is 1.08 bits per heavy atom. The van der Waals surface area contributed by atoms with Gasteiger partial charge in [-0.1, -0.05) is 58.7 Å². The van der Waals surface area contributed by atoms with Gasteiger partial charge in [0.2, 0.25) is 0 Å². The van der Waals surface area contributed by atoms with E-state index in [2.05, 4.69) is 58.7 Å². The molecule has 0 saturated heterocycles. The zero-order valence-corrected chi connectivity index (χ0v) is 13.5. The average Bonchev–Trinajstić information content (AvgIpc) is 1.87. The van der Waals surface area contributed by atoms with E-state index in [1.54, 1.807) is 0 Å². The highest BCUT2D eigenvalue weighted by molar-refractivity contribution is 9.37. The summed E-state index contributed by atoms with van der Waals surface area (Å²) < 4.78 is 0. The topological polar surface area (TPSA) is 0 Å². The van der Waals surface area contributed by atoms with Crippen LogP contribution in [0.2, 0.25) is 0 Å². The third-order valence-corrected chi connectivity index (χ3v) is 4.85. The maximum atomic E-state index is 3.38. The molecule has 0 fully saturated rings. The fraction of sp³-hybridized carbons (Fsp3) is 1.00. The normalized spacial score (nSPS) is 12.0. The molecule has 4 heteroatoms. The van der Waals surface area contributed by atoms with Crippen molar-refractivity contribution in [3.05, 3.63) is 0 Å². The summed E-state index contributed by atoms with van der Waals surface area (Å²) in [6.07, 6.45) is 2.64. The molecular weight excluding hydrogens is 318 g/mol. The summed E-state index contributed by atoms with van der Waals surface area (Å²) in [4.78, 5) is 0. The van der Waals surface area contributed by atoms with Crippen LogP contribution in [0.15, 0.2) is 0 Å². The minimum absolute atomic E-state index is 0.864. The monoisotopic (exact) mass is 336 g/mol. The Bertz CT molecular complexity index is 67.5. The largest absolute Gasteiger partial charge is 0.0642 e. The van der Waals surface area contributed by atoms with Crippen molar-refractivity contribution in [2.75, 3.05) is 12.3 Å². The number of halogens is 2. The van der Waals surface area contributed by atoms with Gasteiger partial charge in [0.1, 0.15) is 0 Å². The van der Waals surface area contributed by atoms with Gasteiger partial charge in [-0.25, -0.2) is 0 Å². The van der Waals surface area contributed by atoms with E-state index in [0.29, 0.717) is 0 Å². The molecule has 0 aliphatic carbocycles. The van der Waals surface area contributed by atoms with Crippen LogP contribution in [0.4, 0.5) is 0 Å². The van der Waals surface area contributed by atoms with Crippen LogP contribution in [0.3, 0.4) is 0 Å². The summed E-state index contributed by atoms with van der Waals surface area (Å²) >= 11 is 6.76. The van der Waals surface area contributed by atoms with E-state index in [9.17, 15) is 0 Å². The molecule has 0 aliphatic heterocycles. The summed E-state index contributed by atoms with van der Waals surface area (Å²) in [5, 5.41) is 0. The molecule has 12 heavy (non-hydrogen) atoms. The van der Waals surface area contributed by atoms with Crippen molar-refractivity contribution in [3.63, 3.8) is 0 Å². The molecule has 2 unspecified atom stereocenters. The molecule has 0 nitrogen and oxygen atoms in total. The molecule has 0 aromatic rings. The lowest BCUT2D eigenvalue weighted by Crippen LogP contribution is -1.84. The zero-order chi connectivity index (χ0) is 9.98. The van der Waals surface area contributed by atoms with Crippen molar-refractivity contribution in [2.24, 2.45) is 11.8 Å². The first kappa shape index (κ1) is 16.3. The summed E-state index contributed by atoms with van der Waals surface area (Å²) in [6.45, 7) is 8.92. The fourth-order valence-corrected chi connectivity index (χ4v) is 4.81. The van der Waals surface area contributed by atoms with Gasteiger partial charge in [0.25, 0.3) is 0 Å². The summed E-state index contributed by atoms with van der Waals surface area (Å²) in [5.41, 5.74) is 0. The van der Waals surface area contributed by atoms with Crippen LogP contribution in [0, 0.1) is 11.8 Å². The molecule has 0 aromatic heterocycles. The van der Waals surface area contributed by atoms with Crippen molar-refractivity contribution < 1.29 is 0 Å². The van der Waals surface area contributed by atoms with Gasteiger partial charge in [0.05, 0.1) is 0 Å². The highest BCUT2D eigenvalue weighted by atomic mass is 79.9. The van der Waals surface area contributed by atoms with E-state index in [1.807, 2.05) is 0 Å². The number of hydrogen-bond donors (Lipinski definition) is 0. The average molecular weight is 338 g/mol. The first-order valence-corrected chi connectivity index (χ1v) is 11.1. The molecule has 0 aliphatic rings. The summed E-state index contributed by atoms with van der Waals surface area (Å²) in [6, 6.07) is 0. The van der Waals surface area contributed by atoms with Crippen LogP contribution >= 0.6 is 45.5 Å². The maximum absolute atomic E-state index is 3.38. The number of rotatable bonds is 4. The maximum Gasteiger partial charge on any atom is -0.0231 e.